The molecule has 1 aliphatic heterocycles. The van der Waals surface area contributed by atoms with E-state index < -0.39 is 0 Å². The molecule has 0 bridgehead atoms. The first-order chi connectivity index (χ1) is 14.0. The van der Waals surface area contributed by atoms with Crippen molar-refractivity contribution in [1.82, 2.24) is 4.90 Å². The average Bonchev–Trinajstić information content (AvgIpc) is 2.67. The number of phenolic OH excluding ortho intramolecular Hbond substituents is 1. The van der Waals surface area contributed by atoms with Crippen molar-refractivity contribution in [3.8, 4) is 5.75 Å². The number of thiocarbonyl (C=S) groups is 1. The number of nitrogens with zero attached hydrogens (tertiary/aromatic N) is 1. The molecule has 30 heavy (non-hydrogen) atoms. The van der Waals surface area contributed by atoms with E-state index in [-0.39, 0.29) is 10.8 Å². The highest BCUT2D eigenvalue weighted by atomic mass is 32.1. The van der Waals surface area contributed by atoms with Crippen molar-refractivity contribution >= 4 is 17.2 Å². The molecule has 1 fully saturated rings. The van der Waals surface area contributed by atoms with Crippen LogP contribution in [0.3, 0.4) is 0 Å². The fraction of sp³-hybridized carbons (Fsp3) is 0.519. The minimum absolute atomic E-state index is 0.140. The zero-order valence-corrected chi connectivity index (χ0v) is 20.3. The molecule has 1 N–H and O–H groups in total. The van der Waals surface area contributed by atoms with E-state index in [2.05, 4.69) is 88.9 Å². The van der Waals surface area contributed by atoms with Crippen LogP contribution in [0.15, 0.2) is 42.5 Å². The molecule has 0 unspecified atom stereocenters. The molecule has 2 aromatic carbocycles. The molecule has 0 aromatic heterocycles. The Morgan fingerprint density at radius 3 is 1.90 bits per heavy atom. The van der Waals surface area contributed by atoms with Gasteiger partial charge < -0.3 is 10.0 Å². The molecule has 3 heteroatoms. The molecule has 1 saturated heterocycles. The predicted octanol–water partition coefficient (Wildman–Crippen LogP) is 6.62. The van der Waals surface area contributed by atoms with Gasteiger partial charge in [0.25, 0.3) is 0 Å². The zero-order chi connectivity index (χ0) is 22.1. The summed E-state index contributed by atoms with van der Waals surface area (Å²) in [6.07, 6.45) is 3.50. The number of rotatable bonds is 3. The van der Waals surface area contributed by atoms with E-state index in [9.17, 15) is 5.11 Å². The fourth-order valence-electron chi connectivity index (χ4n) is 4.37. The van der Waals surface area contributed by atoms with Crippen molar-refractivity contribution in [2.45, 2.75) is 71.6 Å². The van der Waals surface area contributed by atoms with Crippen LogP contribution in [0, 0.1) is 5.92 Å². The maximum atomic E-state index is 11.0. The first kappa shape index (κ1) is 22.8. The molecular formula is C27H37NOS. The Kier molecular flexibility index (Phi) is 6.62. The van der Waals surface area contributed by atoms with Gasteiger partial charge in [0.1, 0.15) is 10.7 Å². The van der Waals surface area contributed by atoms with Crippen molar-refractivity contribution < 1.29 is 5.11 Å². The highest BCUT2D eigenvalue weighted by Gasteiger charge is 2.29. The second-order valence-corrected chi connectivity index (χ2v) is 11.2. The Labute approximate surface area is 188 Å². The Balaban J connectivity index is 1.78. The molecule has 2 aromatic rings. The number of phenols is 1. The average molecular weight is 424 g/mol. The van der Waals surface area contributed by atoms with Crippen molar-refractivity contribution in [3.63, 3.8) is 0 Å². The third kappa shape index (κ3) is 5.24. The van der Waals surface area contributed by atoms with Crippen LogP contribution in [-0.2, 0) is 17.3 Å². The molecule has 0 atom stereocenters. The number of benzene rings is 2. The molecule has 2 nitrogen and oxygen atoms in total. The van der Waals surface area contributed by atoms with Crippen LogP contribution in [0.4, 0.5) is 0 Å². The van der Waals surface area contributed by atoms with Crippen LogP contribution < -0.4 is 0 Å². The monoisotopic (exact) mass is 423 g/mol. The van der Waals surface area contributed by atoms with Gasteiger partial charge in [-0.25, -0.2) is 0 Å². The molecule has 3 rings (SSSR count). The first-order valence-corrected chi connectivity index (χ1v) is 11.6. The number of hydrogen-bond donors (Lipinski definition) is 1. The van der Waals surface area contributed by atoms with Gasteiger partial charge in [-0.1, -0.05) is 84.1 Å². The molecule has 162 valence electrons. The molecule has 1 aliphatic rings. The van der Waals surface area contributed by atoms with Crippen LogP contribution in [0.1, 0.15) is 76.6 Å². The van der Waals surface area contributed by atoms with Crippen molar-refractivity contribution in [1.29, 1.82) is 0 Å². The van der Waals surface area contributed by atoms with Crippen LogP contribution in [0.25, 0.3) is 0 Å². The topological polar surface area (TPSA) is 23.5 Å². The summed E-state index contributed by atoms with van der Waals surface area (Å²) in [6.45, 7) is 14.9. The number of likely N-dealkylation sites (tertiary alicyclic amines) is 1. The Morgan fingerprint density at radius 1 is 0.933 bits per heavy atom. The summed E-state index contributed by atoms with van der Waals surface area (Å²) in [6, 6.07) is 15.0. The molecule has 1 heterocycles. The maximum absolute atomic E-state index is 11.0. The summed E-state index contributed by atoms with van der Waals surface area (Å²) in [5, 5.41) is 11.0. The highest BCUT2D eigenvalue weighted by molar-refractivity contribution is 7.80. The number of piperidine rings is 1. The van der Waals surface area contributed by atoms with E-state index >= 15 is 0 Å². The first-order valence-electron chi connectivity index (χ1n) is 11.2. The SMILES string of the molecule is CC(C)(C)c1cc(C(=S)N2CCC(Cc3ccccc3)CC2)cc(C(C)(C)C)c1O. The minimum Gasteiger partial charge on any atom is -0.507 e. The molecule has 0 saturated carbocycles. The molecule has 0 radical (unpaired) electrons. The van der Waals surface area contributed by atoms with Crippen molar-refractivity contribution in [2.24, 2.45) is 5.92 Å². The van der Waals surface area contributed by atoms with E-state index in [1.54, 1.807) is 0 Å². The smallest absolute Gasteiger partial charge is 0.123 e. The quantitative estimate of drug-likeness (QED) is 0.561. The normalized spacial score (nSPS) is 16.0. The van der Waals surface area contributed by atoms with Gasteiger partial charge in [0, 0.05) is 29.8 Å². The van der Waals surface area contributed by atoms with Gasteiger partial charge in [-0.2, -0.15) is 0 Å². The molecule has 0 amide bonds. The summed E-state index contributed by atoms with van der Waals surface area (Å²) >= 11 is 5.96. The molecular weight excluding hydrogens is 386 g/mol. The lowest BCUT2D eigenvalue weighted by atomic mass is 9.78. The lowest BCUT2D eigenvalue weighted by Crippen LogP contribution is -2.38. The van der Waals surface area contributed by atoms with E-state index in [1.165, 1.54) is 18.4 Å². The fourth-order valence-corrected chi connectivity index (χ4v) is 4.67. The lowest BCUT2D eigenvalue weighted by Gasteiger charge is -2.35. The minimum atomic E-state index is -0.140. The van der Waals surface area contributed by atoms with Gasteiger partial charge in [0.2, 0.25) is 0 Å². The van der Waals surface area contributed by atoms with E-state index in [0.717, 1.165) is 47.1 Å². The summed E-state index contributed by atoms with van der Waals surface area (Å²) < 4.78 is 0. The van der Waals surface area contributed by atoms with Crippen molar-refractivity contribution in [3.05, 3.63) is 64.7 Å². The van der Waals surface area contributed by atoms with Crippen molar-refractivity contribution in [2.75, 3.05) is 13.1 Å². The predicted molar refractivity (Wildman–Crippen MR) is 132 cm³/mol. The van der Waals surface area contributed by atoms with Gasteiger partial charge in [-0.15, -0.1) is 0 Å². The van der Waals surface area contributed by atoms with Gasteiger partial charge in [-0.3, -0.25) is 0 Å². The van der Waals surface area contributed by atoms with Gasteiger partial charge in [0.15, 0.2) is 0 Å². The van der Waals surface area contributed by atoms with Crippen LogP contribution in [-0.4, -0.2) is 28.1 Å². The summed E-state index contributed by atoms with van der Waals surface area (Å²) in [5.74, 6) is 1.14. The summed E-state index contributed by atoms with van der Waals surface area (Å²) in [7, 11) is 0. The lowest BCUT2D eigenvalue weighted by molar-refractivity contribution is 0.268. The Morgan fingerprint density at radius 2 is 1.43 bits per heavy atom. The van der Waals surface area contributed by atoms with E-state index in [4.69, 9.17) is 12.2 Å². The standard InChI is InChI=1S/C27H37NOS/c1-26(2,3)22-17-21(18-23(24(22)29)27(4,5)6)25(30)28-14-12-20(13-15-28)16-19-10-8-7-9-11-19/h7-11,17-18,20,29H,12-16H2,1-6H3. The van der Waals surface area contributed by atoms with E-state index in [1.807, 2.05) is 0 Å². The number of hydrogen-bond acceptors (Lipinski definition) is 2. The Hall–Kier alpha value is -1.87. The van der Waals surface area contributed by atoms with E-state index in [0.29, 0.717) is 5.75 Å². The Bertz CT molecular complexity index is 846. The third-order valence-corrected chi connectivity index (χ3v) is 6.74. The second-order valence-electron chi connectivity index (χ2n) is 10.8. The zero-order valence-electron chi connectivity index (χ0n) is 19.5. The van der Waals surface area contributed by atoms with Crippen LogP contribution in [0.5, 0.6) is 5.75 Å². The molecule has 0 aliphatic carbocycles. The second kappa shape index (κ2) is 8.70. The number of aromatic hydroxyl groups is 1. The maximum Gasteiger partial charge on any atom is 0.123 e. The highest BCUT2D eigenvalue weighted by Crippen LogP contribution is 2.40. The van der Waals surface area contributed by atoms with Crippen LogP contribution >= 0.6 is 12.2 Å². The largest absolute Gasteiger partial charge is 0.507 e. The summed E-state index contributed by atoms with van der Waals surface area (Å²) in [5.41, 5.74) is 4.18. The third-order valence-electron chi connectivity index (χ3n) is 6.24. The van der Waals surface area contributed by atoms with Gasteiger partial charge >= 0.3 is 0 Å². The van der Waals surface area contributed by atoms with Gasteiger partial charge in [-0.05, 0) is 53.7 Å². The van der Waals surface area contributed by atoms with Crippen LogP contribution in [0.2, 0.25) is 0 Å². The summed E-state index contributed by atoms with van der Waals surface area (Å²) in [4.78, 5) is 3.28. The molecule has 0 spiro atoms. The van der Waals surface area contributed by atoms with Gasteiger partial charge in [0.05, 0.1) is 0 Å².